The highest BCUT2D eigenvalue weighted by Crippen LogP contribution is 2.30. The highest BCUT2D eigenvalue weighted by Gasteiger charge is 2.34. The van der Waals surface area contributed by atoms with Crippen molar-refractivity contribution in [2.75, 3.05) is 26.2 Å². The number of carbonyl (C=O) groups excluding carboxylic acids is 2. The van der Waals surface area contributed by atoms with E-state index in [-0.39, 0.29) is 12.6 Å². The fourth-order valence-corrected chi connectivity index (χ4v) is 4.74. The topological polar surface area (TPSA) is 70.7 Å². The van der Waals surface area contributed by atoms with Crippen LogP contribution in [0.15, 0.2) is 65.9 Å². The molecule has 0 aliphatic carbocycles. The zero-order valence-electron chi connectivity index (χ0n) is 18.9. The van der Waals surface area contributed by atoms with E-state index in [2.05, 4.69) is 39.8 Å². The number of hydrogen-bond acceptors (Lipinski definition) is 4. The van der Waals surface area contributed by atoms with E-state index in [0.717, 1.165) is 37.9 Å². The molecule has 7 heteroatoms. The highest BCUT2D eigenvalue weighted by atomic mass is 35.5. The average Bonchev–Trinajstić information content (AvgIpc) is 2.81. The van der Waals surface area contributed by atoms with Gasteiger partial charge in [-0.15, -0.1) is 0 Å². The minimum absolute atomic E-state index is 0.266. The van der Waals surface area contributed by atoms with Crippen molar-refractivity contribution in [3.8, 4) is 0 Å². The lowest BCUT2D eigenvalue weighted by molar-refractivity contribution is -0.139. The molecule has 6 nitrogen and oxygen atoms in total. The third kappa shape index (κ3) is 5.95. The lowest BCUT2D eigenvalue weighted by Gasteiger charge is -2.35. The largest absolute Gasteiger partial charge is 0.463 e. The summed E-state index contributed by atoms with van der Waals surface area (Å²) in [7, 11) is 0. The van der Waals surface area contributed by atoms with Crippen molar-refractivity contribution in [1.29, 1.82) is 0 Å². The van der Waals surface area contributed by atoms with Crippen molar-refractivity contribution in [2.24, 2.45) is 5.92 Å². The minimum atomic E-state index is -0.583. The highest BCUT2D eigenvalue weighted by molar-refractivity contribution is 6.30. The molecule has 1 saturated heterocycles. The molecule has 1 atom stereocenters. The van der Waals surface area contributed by atoms with Crippen LogP contribution in [-0.4, -0.2) is 43.1 Å². The van der Waals surface area contributed by atoms with Crippen molar-refractivity contribution in [3.05, 3.63) is 82.0 Å². The van der Waals surface area contributed by atoms with E-state index in [1.807, 2.05) is 18.2 Å². The summed E-state index contributed by atoms with van der Waals surface area (Å²) < 4.78 is 5.36. The molecule has 0 saturated carbocycles. The van der Waals surface area contributed by atoms with Gasteiger partial charge in [-0.3, -0.25) is 4.90 Å². The zero-order chi connectivity index (χ0) is 23.2. The van der Waals surface area contributed by atoms with Crippen LogP contribution >= 0.6 is 11.6 Å². The summed E-state index contributed by atoms with van der Waals surface area (Å²) in [6, 6.07) is 16.8. The lowest BCUT2D eigenvalue weighted by atomic mass is 9.89. The number of rotatable bonds is 7. The van der Waals surface area contributed by atoms with Crippen LogP contribution in [0, 0.1) is 5.92 Å². The molecule has 2 amide bonds. The third-order valence-corrected chi connectivity index (χ3v) is 6.56. The lowest BCUT2D eigenvalue weighted by Crippen LogP contribution is -2.49. The quantitative estimate of drug-likeness (QED) is 0.589. The molecule has 2 aromatic rings. The van der Waals surface area contributed by atoms with Gasteiger partial charge in [0, 0.05) is 17.3 Å². The minimum Gasteiger partial charge on any atom is -0.463 e. The monoisotopic (exact) mass is 467 g/mol. The normalized spacial score (nSPS) is 19.7. The molecule has 1 fully saturated rings. The van der Waals surface area contributed by atoms with Crippen molar-refractivity contribution < 1.29 is 14.3 Å². The maximum Gasteiger partial charge on any atom is 0.338 e. The van der Waals surface area contributed by atoms with Gasteiger partial charge in [-0.2, -0.15) is 0 Å². The molecule has 1 unspecified atom stereocenters. The van der Waals surface area contributed by atoms with Gasteiger partial charge < -0.3 is 15.4 Å². The molecule has 174 valence electrons. The van der Waals surface area contributed by atoms with Gasteiger partial charge in [-0.05, 0) is 68.5 Å². The number of hydrogen-bond donors (Lipinski definition) is 2. The number of esters is 1. The standard InChI is InChI=1S/C26H30ClN3O3/c1-2-33-25(31)23-22(28-26(32)29-24(23)20-8-10-21(27)11-9-20)17-30-14-12-19(13-15-30)16-18-6-4-3-5-7-18/h3-11,19,24H,2,12-17H2,1H3,(H2,28,29,32). The first-order chi connectivity index (χ1) is 16.0. The predicted octanol–water partition coefficient (Wildman–Crippen LogP) is 4.47. The van der Waals surface area contributed by atoms with Crippen molar-refractivity contribution in [2.45, 2.75) is 32.2 Å². The Morgan fingerprint density at radius 1 is 1.09 bits per heavy atom. The van der Waals surface area contributed by atoms with Crippen LogP contribution in [0.4, 0.5) is 4.79 Å². The Kier molecular flexibility index (Phi) is 7.68. The summed E-state index contributed by atoms with van der Waals surface area (Å²) in [6.45, 7) is 4.39. The number of benzene rings is 2. The summed E-state index contributed by atoms with van der Waals surface area (Å²) in [4.78, 5) is 27.7. The second-order valence-corrected chi connectivity index (χ2v) is 9.04. The molecule has 33 heavy (non-hydrogen) atoms. The number of amides is 2. The van der Waals surface area contributed by atoms with Gasteiger partial charge in [0.2, 0.25) is 0 Å². The van der Waals surface area contributed by atoms with E-state index in [1.54, 1.807) is 19.1 Å². The molecule has 4 rings (SSSR count). The van der Waals surface area contributed by atoms with Gasteiger partial charge in [0.15, 0.2) is 0 Å². The first-order valence-corrected chi connectivity index (χ1v) is 11.9. The second-order valence-electron chi connectivity index (χ2n) is 8.60. The fraction of sp³-hybridized carbons (Fsp3) is 0.385. The molecule has 2 aromatic carbocycles. The van der Waals surface area contributed by atoms with Crippen molar-refractivity contribution >= 4 is 23.6 Å². The van der Waals surface area contributed by atoms with Gasteiger partial charge in [0.25, 0.3) is 0 Å². The Bertz CT molecular complexity index is 999. The van der Waals surface area contributed by atoms with Crippen LogP contribution in [0.25, 0.3) is 0 Å². The third-order valence-electron chi connectivity index (χ3n) is 6.31. The number of carbonyl (C=O) groups is 2. The Balaban J connectivity index is 1.50. The summed E-state index contributed by atoms with van der Waals surface area (Å²) >= 11 is 6.04. The number of nitrogens with one attached hydrogen (secondary N) is 2. The molecule has 0 spiro atoms. The predicted molar refractivity (Wildman–Crippen MR) is 129 cm³/mol. The Labute approximate surface area is 199 Å². The summed E-state index contributed by atoms with van der Waals surface area (Å²) in [5.41, 5.74) is 3.22. The maximum absolute atomic E-state index is 12.9. The second kappa shape index (κ2) is 10.9. The Morgan fingerprint density at radius 3 is 2.45 bits per heavy atom. The first kappa shape index (κ1) is 23.3. The summed E-state index contributed by atoms with van der Waals surface area (Å²) in [5.74, 6) is 0.227. The van der Waals surface area contributed by atoms with E-state index in [4.69, 9.17) is 16.3 Å². The van der Waals surface area contributed by atoms with Gasteiger partial charge in [0.1, 0.15) is 0 Å². The van der Waals surface area contributed by atoms with E-state index in [9.17, 15) is 9.59 Å². The molecule has 0 bridgehead atoms. The van der Waals surface area contributed by atoms with Crippen LogP contribution in [0.1, 0.15) is 36.9 Å². The van der Waals surface area contributed by atoms with Crippen LogP contribution < -0.4 is 10.6 Å². The van der Waals surface area contributed by atoms with E-state index < -0.39 is 12.0 Å². The van der Waals surface area contributed by atoms with E-state index in [1.165, 1.54) is 5.56 Å². The zero-order valence-corrected chi connectivity index (χ0v) is 19.6. The Hall–Kier alpha value is -2.83. The summed E-state index contributed by atoms with van der Waals surface area (Å²) in [6.07, 6.45) is 3.26. The van der Waals surface area contributed by atoms with Gasteiger partial charge in [-0.25, -0.2) is 9.59 Å². The smallest absolute Gasteiger partial charge is 0.338 e. The molecule has 2 N–H and O–H groups in total. The van der Waals surface area contributed by atoms with Crippen molar-refractivity contribution in [1.82, 2.24) is 15.5 Å². The van der Waals surface area contributed by atoms with Crippen LogP contribution in [0.3, 0.4) is 0 Å². The molecule has 2 aliphatic heterocycles. The fourth-order valence-electron chi connectivity index (χ4n) is 4.62. The number of nitrogens with zero attached hydrogens (tertiary/aromatic N) is 1. The van der Waals surface area contributed by atoms with Crippen LogP contribution in [-0.2, 0) is 16.0 Å². The first-order valence-electron chi connectivity index (χ1n) is 11.5. The van der Waals surface area contributed by atoms with E-state index >= 15 is 0 Å². The number of halogens is 1. The number of likely N-dealkylation sites (tertiary alicyclic amines) is 1. The van der Waals surface area contributed by atoms with Crippen LogP contribution in [0.2, 0.25) is 5.02 Å². The molecule has 2 aliphatic rings. The molecule has 2 heterocycles. The van der Waals surface area contributed by atoms with Gasteiger partial charge in [0.05, 0.1) is 18.2 Å². The number of piperidine rings is 1. The van der Waals surface area contributed by atoms with Gasteiger partial charge in [-0.1, -0.05) is 54.1 Å². The number of urea groups is 1. The Morgan fingerprint density at radius 2 is 1.79 bits per heavy atom. The molecule has 0 aromatic heterocycles. The molecule has 0 radical (unpaired) electrons. The van der Waals surface area contributed by atoms with Gasteiger partial charge >= 0.3 is 12.0 Å². The molecular weight excluding hydrogens is 438 g/mol. The molecular formula is C26H30ClN3O3. The summed E-state index contributed by atoms with van der Waals surface area (Å²) in [5, 5.41) is 6.35. The van der Waals surface area contributed by atoms with Crippen LogP contribution in [0.5, 0.6) is 0 Å². The van der Waals surface area contributed by atoms with Crippen molar-refractivity contribution in [3.63, 3.8) is 0 Å². The maximum atomic E-state index is 12.9. The average molecular weight is 468 g/mol. The number of ether oxygens (including phenoxy) is 1. The van der Waals surface area contributed by atoms with E-state index in [0.29, 0.717) is 28.8 Å². The SMILES string of the molecule is CCOC(=O)C1=C(CN2CCC(Cc3ccccc3)CC2)NC(=O)NC1c1ccc(Cl)cc1.